The minimum absolute atomic E-state index is 0.0869. The average molecular weight is 214 g/mol. The molecule has 1 heterocycles. The number of carbonyl (C=O) groups is 1. The lowest BCUT2D eigenvalue weighted by Crippen LogP contribution is -2.52. The third-order valence-corrected chi connectivity index (χ3v) is 2.79. The Bertz CT molecular complexity index is 209. The summed E-state index contributed by atoms with van der Waals surface area (Å²) in [6.45, 7) is 9.62. The molecule has 1 saturated heterocycles. The number of rotatable bonds is 4. The Labute approximate surface area is 92.0 Å². The molecule has 0 bridgehead atoms. The Morgan fingerprint density at radius 2 is 2.40 bits per heavy atom. The quantitative estimate of drug-likeness (QED) is 0.697. The van der Waals surface area contributed by atoms with Gasteiger partial charge in [0.15, 0.2) is 0 Å². The van der Waals surface area contributed by atoms with Gasteiger partial charge < -0.3 is 10.1 Å². The van der Waals surface area contributed by atoms with Crippen LogP contribution < -0.4 is 5.32 Å². The van der Waals surface area contributed by atoms with Crippen molar-refractivity contribution in [1.82, 2.24) is 10.2 Å². The van der Waals surface area contributed by atoms with Crippen molar-refractivity contribution in [3.8, 4) is 0 Å². The van der Waals surface area contributed by atoms with Crippen LogP contribution in [0.1, 0.15) is 27.2 Å². The van der Waals surface area contributed by atoms with E-state index in [9.17, 15) is 4.79 Å². The SMILES string of the molecule is CCOC(=O)CC(C)N1CCN[C@@H](C)C1. The highest BCUT2D eigenvalue weighted by atomic mass is 16.5. The predicted molar refractivity (Wildman–Crippen MR) is 59.7 cm³/mol. The zero-order valence-corrected chi connectivity index (χ0v) is 9.95. The number of hydrogen-bond acceptors (Lipinski definition) is 4. The molecule has 2 atom stereocenters. The van der Waals surface area contributed by atoms with Gasteiger partial charge in [-0.2, -0.15) is 0 Å². The lowest BCUT2D eigenvalue weighted by Gasteiger charge is -2.35. The Hall–Kier alpha value is -0.610. The molecule has 0 aromatic carbocycles. The van der Waals surface area contributed by atoms with Gasteiger partial charge in [-0.15, -0.1) is 0 Å². The van der Waals surface area contributed by atoms with Gasteiger partial charge in [0.2, 0.25) is 0 Å². The van der Waals surface area contributed by atoms with Crippen molar-refractivity contribution in [2.75, 3.05) is 26.2 Å². The number of nitrogens with zero attached hydrogens (tertiary/aromatic N) is 1. The van der Waals surface area contributed by atoms with Crippen molar-refractivity contribution in [3.05, 3.63) is 0 Å². The van der Waals surface area contributed by atoms with Gasteiger partial charge in [-0.25, -0.2) is 0 Å². The Morgan fingerprint density at radius 1 is 1.67 bits per heavy atom. The Morgan fingerprint density at radius 3 is 3.00 bits per heavy atom. The molecular weight excluding hydrogens is 192 g/mol. The molecule has 1 unspecified atom stereocenters. The number of hydrogen-bond donors (Lipinski definition) is 1. The highest BCUT2D eigenvalue weighted by molar-refractivity contribution is 5.70. The average Bonchev–Trinajstić information content (AvgIpc) is 2.18. The fraction of sp³-hybridized carbons (Fsp3) is 0.909. The molecule has 0 aromatic rings. The van der Waals surface area contributed by atoms with Crippen LogP contribution in [0.2, 0.25) is 0 Å². The lowest BCUT2D eigenvalue weighted by atomic mass is 10.1. The normalized spacial score (nSPS) is 24.9. The second kappa shape index (κ2) is 6.08. The van der Waals surface area contributed by atoms with Crippen LogP contribution in [0.3, 0.4) is 0 Å². The molecule has 0 aromatic heterocycles. The van der Waals surface area contributed by atoms with Crippen molar-refractivity contribution in [2.24, 2.45) is 0 Å². The first-order valence-corrected chi connectivity index (χ1v) is 5.76. The van der Waals surface area contributed by atoms with Crippen molar-refractivity contribution in [3.63, 3.8) is 0 Å². The molecule has 0 radical (unpaired) electrons. The van der Waals surface area contributed by atoms with Crippen LogP contribution in [0.15, 0.2) is 0 Å². The van der Waals surface area contributed by atoms with Crippen LogP contribution in [0.5, 0.6) is 0 Å². The van der Waals surface area contributed by atoms with Gasteiger partial charge in [0.05, 0.1) is 13.0 Å². The van der Waals surface area contributed by atoms with Crippen LogP contribution in [0.4, 0.5) is 0 Å². The van der Waals surface area contributed by atoms with E-state index < -0.39 is 0 Å². The van der Waals surface area contributed by atoms with Gasteiger partial charge >= 0.3 is 5.97 Å². The van der Waals surface area contributed by atoms with Crippen molar-refractivity contribution in [1.29, 1.82) is 0 Å². The molecule has 0 saturated carbocycles. The largest absolute Gasteiger partial charge is 0.466 e. The van der Waals surface area contributed by atoms with E-state index in [1.165, 1.54) is 0 Å². The number of piperazine rings is 1. The van der Waals surface area contributed by atoms with Gasteiger partial charge in [-0.05, 0) is 20.8 Å². The van der Waals surface area contributed by atoms with Gasteiger partial charge in [0.1, 0.15) is 0 Å². The first kappa shape index (κ1) is 12.5. The van der Waals surface area contributed by atoms with Gasteiger partial charge in [0.25, 0.3) is 0 Å². The summed E-state index contributed by atoms with van der Waals surface area (Å²) in [4.78, 5) is 13.7. The molecule has 88 valence electrons. The van der Waals surface area contributed by atoms with E-state index in [-0.39, 0.29) is 12.0 Å². The third-order valence-electron chi connectivity index (χ3n) is 2.79. The number of carbonyl (C=O) groups excluding carboxylic acids is 1. The van der Waals surface area contributed by atoms with Crippen LogP contribution in [-0.4, -0.2) is 49.2 Å². The van der Waals surface area contributed by atoms with E-state index in [2.05, 4.69) is 24.1 Å². The van der Waals surface area contributed by atoms with Crippen molar-refractivity contribution in [2.45, 2.75) is 39.3 Å². The maximum atomic E-state index is 11.3. The molecule has 1 rings (SSSR count). The third kappa shape index (κ3) is 4.18. The molecule has 0 spiro atoms. The summed E-state index contributed by atoms with van der Waals surface area (Å²) < 4.78 is 4.95. The van der Waals surface area contributed by atoms with E-state index >= 15 is 0 Å². The van der Waals surface area contributed by atoms with Crippen LogP contribution in [-0.2, 0) is 9.53 Å². The van der Waals surface area contributed by atoms with E-state index in [4.69, 9.17) is 4.74 Å². The summed E-state index contributed by atoms with van der Waals surface area (Å²) in [5.41, 5.74) is 0. The number of nitrogens with one attached hydrogen (secondary N) is 1. The molecule has 0 amide bonds. The highest BCUT2D eigenvalue weighted by Crippen LogP contribution is 2.08. The number of esters is 1. The van der Waals surface area contributed by atoms with E-state index in [0.717, 1.165) is 19.6 Å². The molecule has 0 aliphatic carbocycles. The van der Waals surface area contributed by atoms with Crippen LogP contribution >= 0.6 is 0 Å². The first-order chi connectivity index (χ1) is 7.13. The van der Waals surface area contributed by atoms with Crippen LogP contribution in [0, 0.1) is 0 Å². The maximum Gasteiger partial charge on any atom is 0.307 e. The molecular formula is C11H22N2O2. The summed E-state index contributed by atoms with van der Waals surface area (Å²) in [5.74, 6) is -0.0869. The highest BCUT2D eigenvalue weighted by Gasteiger charge is 2.22. The summed E-state index contributed by atoms with van der Waals surface area (Å²) in [7, 11) is 0. The van der Waals surface area contributed by atoms with Gasteiger partial charge in [0, 0.05) is 31.7 Å². The number of ether oxygens (including phenoxy) is 1. The predicted octanol–water partition coefficient (Wildman–Crippen LogP) is 0.622. The molecule has 4 nitrogen and oxygen atoms in total. The van der Waals surface area contributed by atoms with Crippen molar-refractivity contribution >= 4 is 5.97 Å². The second-order valence-corrected chi connectivity index (χ2v) is 4.21. The van der Waals surface area contributed by atoms with Gasteiger partial charge in [-0.1, -0.05) is 0 Å². The first-order valence-electron chi connectivity index (χ1n) is 5.76. The smallest absolute Gasteiger partial charge is 0.307 e. The summed E-state index contributed by atoms with van der Waals surface area (Å²) in [6, 6.07) is 0.803. The summed E-state index contributed by atoms with van der Waals surface area (Å²) in [6.07, 6.45) is 0.501. The molecule has 1 fully saturated rings. The molecule has 15 heavy (non-hydrogen) atoms. The molecule has 1 N–H and O–H groups in total. The fourth-order valence-corrected chi connectivity index (χ4v) is 1.95. The monoisotopic (exact) mass is 214 g/mol. The van der Waals surface area contributed by atoms with Crippen molar-refractivity contribution < 1.29 is 9.53 Å². The summed E-state index contributed by atoms with van der Waals surface area (Å²) in [5, 5.41) is 3.39. The minimum Gasteiger partial charge on any atom is -0.466 e. The zero-order valence-electron chi connectivity index (χ0n) is 9.95. The van der Waals surface area contributed by atoms with E-state index in [1.807, 2.05) is 6.92 Å². The zero-order chi connectivity index (χ0) is 11.3. The van der Waals surface area contributed by atoms with Gasteiger partial charge in [-0.3, -0.25) is 9.69 Å². The lowest BCUT2D eigenvalue weighted by molar-refractivity contribution is -0.144. The molecule has 1 aliphatic rings. The molecule has 4 heteroatoms. The Balaban J connectivity index is 2.32. The maximum absolute atomic E-state index is 11.3. The Kier molecular flexibility index (Phi) is 5.05. The van der Waals surface area contributed by atoms with E-state index in [0.29, 0.717) is 19.1 Å². The van der Waals surface area contributed by atoms with E-state index in [1.54, 1.807) is 0 Å². The summed E-state index contributed by atoms with van der Waals surface area (Å²) >= 11 is 0. The second-order valence-electron chi connectivity index (χ2n) is 4.21. The minimum atomic E-state index is -0.0869. The fourth-order valence-electron chi connectivity index (χ4n) is 1.95. The topological polar surface area (TPSA) is 41.6 Å². The standard InChI is InChI=1S/C11H22N2O2/c1-4-15-11(14)7-10(3)13-6-5-12-9(2)8-13/h9-10,12H,4-8H2,1-3H3/t9-,10?/m0/s1. The molecule has 1 aliphatic heterocycles. The van der Waals surface area contributed by atoms with Crippen LogP contribution in [0.25, 0.3) is 0 Å².